The molecule has 2 aliphatic heterocycles. The topological polar surface area (TPSA) is 67.7 Å². The molecule has 0 saturated carbocycles. The predicted octanol–water partition coefficient (Wildman–Crippen LogP) is 4.65. The van der Waals surface area contributed by atoms with Crippen molar-refractivity contribution in [1.82, 2.24) is 14.7 Å². The van der Waals surface area contributed by atoms with Crippen molar-refractivity contribution in [2.75, 3.05) is 43.4 Å². The Bertz CT molecular complexity index is 1310. The Morgan fingerprint density at radius 2 is 1.67 bits per heavy atom. The van der Waals surface area contributed by atoms with Crippen molar-refractivity contribution in [2.45, 2.75) is 6.04 Å². The van der Waals surface area contributed by atoms with Crippen LogP contribution in [0.3, 0.4) is 0 Å². The van der Waals surface area contributed by atoms with Gasteiger partial charge in [0.05, 0.1) is 41.4 Å². The van der Waals surface area contributed by atoms with Crippen LogP contribution in [0.4, 0.5) is 5.69 Å². The van der Waals surface area contributed by atoms with Gasteiger partial charge < -0.3 is 4.74 Å². The van der Waals surface area contributed by atoms with Crippen LogP contribution in [0.15, 0.2) is 42.5 Å². The molecule has 33 heavy (non-hydrogen) atoms. The molecule has 1 aromatic heterocycles. The van der Waals surface area contributed by atoms with E-state index in [1.54, 1.807) is 42.1 Å². The van der Waals surface area contributed by atoms with Gasteiger partial charge in [0.2, 0.25) is 10.0 Å². The number of fused-ring (bicyclic) bond motifs is 1. The van der Waals surface area contributed by atoms with Crippen molar-refractivity contribution in [3.05, 3.63) is 63.2 Å². The molecule has 3 heterocycles. The highest BCUT2D eigenvalue weighted by molar-refractivity contribution is 7.92. The molecule has 174 valence electrons. The van der Waals surface area contributed by atoms with Crippen molar-refractivity contribution >= 4 is 50.5 Å². The highest BCUT2D eigenvalue weighted by Gasteiger charge is 2.42. The molecule has 0 bridgehead atoms. The summed E-state index contributed by atoms with van der Waals surface area (Å²) in [5.74, 6) is -0.0536. The average molecular weight is 528 g/mol. The third kappa shape index (κ3) is 4.13. The number of morpholine rings is 1. The average Bonchev–Trinajstić information content (AvgIpc) is 3.18. The summed E-state index contributed by atoms with van der Waals surface area (Å²) in [4.78, 5) is 2.12. The van der Waals surface area contributed by atoms with Crippen LogP contribution >= 0.6 is 34.8 Å². The van der Waals surface area contributed by atoms with E-state index in [4.69, 9.17) is 44.6 Å². The molecule has 1 saturated heterocycles. The number of benzene rings is 2. The van der Waals surface area contributed by atoms with Crippen molar-refractivity contribution < 1.29 is 13.2 Å². The van der Waals surface area contributed by atoms with Crippen LogP contribution in [0.2, 0.25) is 15.1 Å². The Kier molecular flexibility index (Phi) is 6.09. The van der Waals surface area contributed by atoms with E-state index in [0.717, 1.165) is 5.56 Å². The summed E-state index contributed by atoms with van der Waals surface area (Å²) in [6, 6.07) is 12.0. The minimum absolute atomic E-state index is 0.0536. The van der Waals surface area contributed by atoms with Crippen molar-refractivity contribution in [2.24, 2.45) is 0 Å². The number of aromatic nitrogens is 2. The molecule has 2 aliphatic rings. The lowest BCUT2D eigenvalue weighted by Crippen LogP contribution is -2.47. The van der Waals surface area contributed by atoms with Gasteiger partial charge in [-0.2, -0.15) is 5.10 Å². The maximum absolute atomic E-state index is 13.3. The fourth-order valence-corrected chi connectivity index (χ4v) is 6.42. The molecule has 5 rings (SSSR count). The second kappa shape index (κ2) is 8.76. The van der Waals surface area contributed by atoms with E-state index in [1.165, 1.54) is 4.31 Å². The molecule has 0 amide bonds. The smallest absolute Gasteiger partial charge is 0.236 e. The molecule has 1 atom stereocenters. The van der Waals surface area contributed by atoms with Crippen LogP contribution in [0, 0.1) is 0 Å². The summed E-state index contributed by atoms with van der Waals surface area (Å²) in [5.41, 5.74) is 3.21. The zero-order valence-electron chi connectivity index (χ0n) is 17.7. The number of ether oxygens (including phenoxy) is 1. The van der Waals surface area contributed by atoms with Gasteiger partial charge in [-0.1, -0.05) is 46.9 Å². The Morgan fingerprint density at radius 1 is 1.00 bits per heavy atom. The predicted molar refractivity (Wildman–Crippen MR) is 131 cm³/mol. The van der Waals surface area contributed by atoms with Crippen LogP contribution in [0.1, 0.15) is 11.7 Å². The number of hydrogen-bond acceptors (Lipinski definition) is 5. The fourth-order valence-electron chi connectivity index (χ4n) is 4.35. The van der Waals surface area contributed by atoms with Gasteiger partial charge in [-0.25, -0.2) is 13.1 Å². The second-order valence-electron chi connectivity index (χ2n) is 8.01. The van der Waals surface area contributed by atoms with E-state index >= 15 is 0 Å². The van der Waals surface area contributed by atoms with Gasteiger partial charge in [0, 0.05) is 35.7 Å². The van der Waals surface area contributed by atoms with Crippen molar-refractivity contribution in [1.29, 1.82) is 0 Å². The van der Waals surface area contributed by atoms with E-state index in [2.05, 4.69) is 4.90 Å². The summed E-state index contributed by atoms with van der Waals surface area (Å²) >= 11 is 18.8. The first-order valence-electron chi connectivity index (χ1n) is 10.4. The van der Waals surface area contributed by atoms with Crippen molar-refractivity contribution in [3.8, 4) is 16.9 Å². The van der Waals surface area contributed by atoms with Gasteiger partial charge in [-0.3, -0.25) is 9.21 Å². The number of anilines is 1. The first-order chi connectivity index (χ1) is 15.8. The lowest BCUT2D eigenvalue weighted by molar-refractivity contribution is 0.0195. The zero-order valence-corrected chi connectivity index (χ0v) is 20.8. The third-order valence-corrected chi connectivity index (χ3v) is 8.59. The summed E-state index contributed by atoms with van der Waals surface area (Å²) < 4.78 is 35.0. The quantitative estimate of drug-likeness (QED) is 0.496. The number of rotatable bonds is 3. The van der Waals surface area contributed by atoms with Gasteiger partial charge >= 0.3 is 0 Å². The standard InChI is InChI=1S/C22H21Cl3N4O3S/c1-27-22-20(19(13-33(27,30)31)28-8-10-32-11-9-28)26-29(18-7-6-16(24)12-17(18)25)21(22)14-2-4-15(23)5-3-14/h2-7,12,19H,8-11,13H2,1H3. The van der Waals surface area contributed by atoms with Gasteiger partial charge in [0.15, 0.2) is 0 Å². The molecule has 1 fully saturated rings. The monoisotopic (exact) mass is 526 g/mol. The first kappa shape index (κ1) is 23.0. The summed E-state index contributed by atoms with van der Waals surface area (Å²) in [6.07, 6.45) is 0. The Morgan fingerprint density at radius 3 is 2.33 bits per heavy atom. The Labute approximate surface area is 207 Å². The van der Waals surface area contributed by atoms with Gasteiger partial charge in [0.1, 0.15) is 11.4 Å². The number of halogens is 3. The number of nitrogens with zero attached hydrogens (tertiary/aromatic N) is 4. The lowest BCUT2D eigenvalue weighted by atomic mass is 10.1. The molecular formula is C22H21Cl3N4O3S. The minimum Gasteiger partial charge on any atom is -0.379 e. The molecule has 11 heteroatoms. The van der Waals surface area contributed by atoms with Crippen LogP contribution < -0.4 is 4.31 Å². The van der Waals surface area contributed by atoms with Crippen molar-refractivity contribution in [3.63, 3.8) is 0 Å². The van der Waals surface area contributed by atoms with E-state index in [-0.39, 0.29) is 5.75 Å². The second-order valence-corrected chi connectivity index (χ2v) is 11.3. The largest absolute Gasteiger partial charge is 0.379 e. The maximum atomic E-state index is 13.3. The zero-order chi connectivity index (χ0) is 23.3. The molecule has 1 unspecified atom stereocenters. The van der Waals surface area contributed by atoms with Crippen LogP contribution in [0.25, 0.3) is 16.9 Å². The molecular weight excluding hydrogens is 507 g/mol. The highest BCUT2D eigenvalue weighted by atomic mass is 35.5. The normalized spacial score (nSPS) is 20.6. The molecule has 3 aromatic rings. The third-order valence-electron chi connectivity index (χ3n) is 6.04. The first-order valence-corrected chi connectivity index (χ1v) is 13.1. The molecule has 0 spiro atoms. The van der Waals surface area contributed by atoms with Gasteiger partial charge in [-0.15, -0.1) is 0 Å². The van der Waals surface area contributed by atoms with Gasteiger partial charge in [-0.05, 0) is 30.3 Å². The molecule has 0 aliphatic carbocycles. The molecule has 0 radical (unpaired) electrons. The van der Waals surface area contributed by atoms with E-state index in [9.17, 15) is 8.42 Å². The Balaban J connectivity index is 1.79. The van der Waals surface area contributed by atoms with E-state index < -0.39 is 16.1 Å². The van der Waals surface area contributed by atoms with Gasteiger partial charge in [0.25, 0.3) is 0 Å². The van der Waals surface area contributed by atoms with Crippen LogP contribution in [-0.2, 0) is 14.8 Å². The van der Waals surface area contributed by atoms with Crippen LogP contribution in [0.5, 0.6) is 0 Å². The van der Waals surface area contributed by atoms with Crippen LogP contribution in [-0.4, -0.2) is 62.2 Å². The SMILES string of the molecule is CN1c2c(nn(-c3ccc(Cl)cc3Cl)c2-c2ccc(Cl)cc2)C(N2CCOCC2)CS1(=O)=O. The Hall–Kier alpha value is -1.81. The maximum Gasteiger partial charge on any atom is 0.236 e. The van der Waals surface area contributed by atoms with E-state index in [0.29, 0.717) is 64.1 Å². The minimum atomic E-state index is -3.58. The molecule has 7 nitrogen and oxygen atoms in total. The summed E-state index contributed by atoms with van der Waals surface area (Å²) in [5, 5.41) is 6.44. The number of sulfonamides is 1. The highest BCUT2D eigenvalue weighted by Crippen LogP contribution is 2.45. The molecule has 2 aromatic carbocycles. The lowest BCUT2D eigenvalue weighted by Gasteiger charge is -2.38. The summed E-state index contributed by atoms with van der Waals surface area (Å²) in [7, 11) is -2.01. The molecule has 0 N–H and O–H groups in total. The number of hydrogen-bond donors (Lipinski definition) is 0. The summed E-state index contributed by atoms with van der Waals surface area (Å²) in [6.45, 7) is 2.37. The van der Waals surface area contributed by atoms with E-state index in [1.807, 2.05) is 12.1 Å². The fraction of sp³-hybridized carbons (Fsp3) is 0.318.